The summed E-state index contributed by atoms with van der Waals surface area (Å²) in [4.78, 5) is 0. The number of rotatable bonds is 3. The number of benzene rings is 1. The maximum Gasteiger partial charge on any atom is 0.347 e. The smallest absolute Gasteiger partial charge is 0.347 e. The number of aromatic nitrogens is 2. The standard InChI is InChI=1S/C12H11F2N3O2/c13-12(14)19-11-7-18-10-6-8(2-3-9(10)16-11)17-5-1-4-15-17/h1-6,11-12,16H,7H2. The molecule has 100 valence electrons. The average molecular weight is 267 g/mol. The zero-order chi connectivity index (χ0) is 13.2. The van der Waals surface area contributed by atoms with Gasteiger partial charge < -0.3 is 10.1 Å². The van der Waals surface area contributed by atoms with Crippen molar-refractivity contribution in [2.75, 3.05) is 11.9 Å². The van der Waals surface area contributed by atoms with Gasteiger partial charge in [-0.05, 0) is 18.2 Å². The number of hydrogen-bond acceptors (Lipinski definition) is 4. The van der Waals surface area contributed by atoms with Crippen molar-refractivity contribution in [2.24, 2.45) is 0 Å². The van der Waals surface area contributed by atoms with E-state index >= 15 is 0 Å². The van der Waals surface area contributed by atoms with E-state index in [2.05, 4.69) is 15.2 Å². The van der Waals surface area contributed by atoms with Crippen LogP contribution in [0.15, 0.2) is 36.7 Å². The van der Waals surface area contributed by atoms with Gasteiger partial charge in [0.25, 0.3) is 0 Å². The minimum atomic E-state index is -2.83. The highest BCUT2D eigenvalue weighted by Gasteiger charge is 2.22. The Hall–Kier alpha value is -2.15. The first kappa shape index (κ1) is 11.9. The van der Waals surface area contributed by atoms with Gasteiger partial charge >= 0.3 is 6.61 Å². The fraction of sp³-hybridized carbons (Fsp3) is 0.250. The lowest BCUT2D eigenvalue weighted by atomic mass is 10.2. The van der Waals surface area contributed by atoms with Gasteiger partial charge in [0, 0.05) is 18.5 Å². The van der Waals surface area contributed by atoms with E-state index in [0.29, 0.717) is 11.4 Å². The number of nitrogens with zero attached hydrogens (tertiary/aromatic N) is 2. The Kier molecular flexibility index (Phi) is 3.04. The summed E-state index contributed by atoms with van der Waals surface area (Å²) in [5.41, 5.74) is 1.45. The first-order valence-electron chi connectivity index (χ1n) is 5.69. The minimum Gasteiger partial charge on any atom is -0.487 e. The van der Waals surface area contributed by atoms with E-state index in [1.165, 1.54) is 0 Å². The van der Waals surface area contributed by atoms with Gasteiger partial charge in [0.2, 0.25) is 0 Å². The summed E-state index contributed by atoms with van der Waals surface area (Å²) in [6.07, 6.45) is 2.63. The van der Waals surface area contributed by atoms with E-state index in [9.17, 15) is 8.78 Å². The summed E-state index contributed by atoms with van der Waals surface area (Å²) in [5, 5.41) is 6.95. The molecule has 2 heterocycles. The largest absolute Gasteiger partial charge is 0.487 e. The molecule has 5 nitrogen and oxygen atoms in total. The van der Waals surface area contributed by atoms with Crippen molar-refractivity contribution in [1.29, 1.82) is 0 Å². The second-order valence-electron chi connectivity index (χ2n) is 3.97. The Bertz CT molecular complexity index is 560. The molecule has 0 spiro atoms. The van der Waals surface area contributed by atoms with Crippen LogP contribution in [0.3, 0.4) is 0 Å². The van der Waals surface area contributed by atoms with Crippen molar-refractivity contribution in [1.82, 2.24) is 9.78 Å². The van der Waals surface area contributed by atoms with E-state index < -0.39 is 12.8 Å². The highest BCUT2D eigenvalue weighted by atomic mass is 19.3. The quantitative estimate of drug-likeness (QED) is 0.926. The number of hydrogen-bond donors (Lipinski definition) is 1. The molecule has 0 saturated carbocycles. The lowest BCUT2D eigenvalue weighted by Crippen LogP contribution is -2.35. The van der Waals surface area contributed by atoms with Crippen LogP contribution in [-0.2, 0) is 4.74 Å². The molecule has 0 radical (unpaired) electrons. The monoisotopic (exact) mass is 267 g/mol. The molecule has 0 bridgehead atoms. The molecule has 1 atom stereocenters. The summed E-state index contributed by atoms with van der Waals surface area (Å²) in [6.45, 7) is -2.80. The highest BCUT2D eigenvalue weighted by molar-refractivity contribution is 5.61. The topological polar surface area (TPSA) is 48.3 Å². The second-order valence-corrected chi connectivity index (χ2v) is 3.97. The molecule has 3 rings (SSSR count). The van der Waals surface area contributed by atoms with Gasteiger partial charge in [0.05, 0.1) is 11.4 Å². The van der Waals surface area contributed by atoms with Crippen molar-refractivity contribution in [3.8, 4) is 11.4 Å². The predicted molar refractivity (Wildman–Crippen MR) is 63.6 cm³/mol. The van der Waals surface area contributed by atoms with Gasteiger partial charge in [-0.1, -0.05) is 0 Å². The van der Waals surface area contributed by atoms with Crippen molar-refractivity contribution < 1.29 is 18.3 Å². The predicted octanol–water partition coefficient (Wildman–Crippen LogP) is 2.24. The molecule has 19 heavy (non-hydrogen) atoms. The van der Waals surface area contributed by atoms with Gasteiger partial charge in [-0.2, -0.15) is 13.9 Å². The van der Waals surface area contributed by atoms with Crippen LogP contribution in [0.4, 0.5) is 14.5 Å². The Balaban J connectivity index is 1.81. The number of anilines is 1. The Labute approximate surface area is 107 Å². The summed E-state index contributed by atoms with van der Waals surface area (Å²) in [6, 6.07) is 7.15. The van der Waals surface area contributed by atoms with Crippen LogP contribution in [0.2, 0.25) is 0 Å². The zero-order valence-electron chi connectivity index (χ0n) is 9.79. The third kappa shape index (κ3) is 2.50. The van der Waals surface area contributed by atoms with Crippen molar-refractivity contribution in [3.05, 3.63) is 36.7 Å². The molecular weight excluding hydrogens is 256 g/mol. The Morgan fingerprint density at radius 3 is 3.11 bits per heavy atom. The van der Waals surface area contributed by atoms with E-state index in [-0.39, 0.29) is 6.61 Å². The maximum atomic E-state index is 12.1. The molecule has 1 N–H and O–H groups in total. The molecular formula is C12H11F2N3O2. The van der Waals surface area contributed by atoms with Gasteiger partial charge in [-0.15, -0.1) is 0 Å². The van der Waals surface area contributed by atoms with E-state index in [1.807, 2.05) is 12.1 Å². The first-order chi connectivity index (χ1) is 9.22. The van der Waals surface area contributed by atoms with E-state index in [4.69, 9.17) is 4.74 Å². The summed E-state index contributed by atoms with van der Waals surface area (Å²) in [7, 11) is 0. The molecule has 0 aliphatic carbocycles. The summed E-state index contributed by atoms with van der Waals surface area (Å²) >= 11 is 0. The third-order valence-corrected chi connectivity index (χ3v) is 2.71. The number of nitrogens with one attached hydrogen (secondary N) is 1. The molecule has 1 aromatic carbocycles. The highest BCUT2D eigenvalue weighted by Crippen LogP contribution is 2.31. The SMILES string of the molecule is FC(F)OC1COc2cc(-n3cccn3)ccc2N1. The second kappa shape index (κ2) is 4.85. The molecule has 0 fully saturated rings. The van der Waals surface area contributed by atoms with E-state index in [1.54, 1.807) is 29.2 Å². The van der Waals surface area contributed by atoms with Crippen LogP contribution in [-0.4, -0.2) is 29.2 Å². The first-order valence-corrected chi connectivity index (χ1v) is 5.69. The van der Waals surface area contributed by atoms with Crippen molar-refractivity contribution in [3.63, 3.8) is 0 Å². The van der Waals surface area contributed by atoms with Crippen LogP contribution in [0, 0.1) is 0 Å². The molecule has 0 amide bonds. The van der Waals surface area contributed by atoms with Crippen LogP contribution >= 0.6 is 0 Å². The number of ether oxygens (including phenoxy) is 2. The zero-order valence-corrected chi connectivity index (χ0v) is 9.79. The number of fused-ring (bicyclic) bond motifs is 1. The third-order valence-electron chi connectivity index (χ3n) is 2.71. The Morgan fingerprint density at radius 1 is 1.47 bits per heavy atom. The van der Waals surface area contributed by atoms with Gasteiger partial charge in [0.15, 0.2) is 6.23 Å². The van der Waals surface area contributed by atoms with Gasteiger partial charge in [-0.25, -0.2) is 4.68 Å². The molecule has 1 aliphatic rings. The molecule has 1 aromatic heterocycles. The van der Waals surface area contributed by atoms with E-state index in [0.717, 1.165) is 5.69 Å². The van der Waals surface area contributed by atoms with Crippen LogP contribution < -0.4 is 10.1 Å². The molecule has 7 heteroatoms. The lowest BCUT2D eigenvalue weighted by molar-refractivity contribution is -0.163. The fourth-order valence-electron chi connectivity index (χ4n) is 1.89. The van der Waals surface area contributed by atoms with Gasteiger partial charge in [-0.3, -0.25) is 4.74 Å². The van der Waals surface area contributed by atoms with Crippen LogP contribution in [0.5, 0.6) is 5.75 Å². The molecule has 1 unspecified atom stereocenters. The Morgan fingerprint density at radius 2 is 2.37 bits per heavy atom. The normalized spacial score (nSPS) is 17.7. The lowest BCUT2D eigenvalue weighted by Gasteiger charge is -2.27. The van der Waals surface area contributed by atoms with Crippen molar-refractivity contribution in [2.45, 2.75) is 12.8 Å². The van der Waals surface area contributed by atoms with Crippen molar-refractivity contribution >= 4 is 5.69 Å². The fourth-order valence-corrected chi connectivity index (χ4v) is 1.89. The summed E-state index contributed by atoms with van der Waals surface area (Å²) in [5.74, 6) is 0.585. The maximum absolute atomic E-state index is 12.1. The van der Waals surface area contributed by atoms with Gasteiger partial charge in [0.1, 0.15) is 12.4 Å². The molecule has 0 saturated heterocycles. The summed E-state index contributed by atoms with van der Waals surface area (Å²) < 4.78 is 35.7. The number of alkyl halides is 2. The van der Waals surface area contributed by atoms with Crippen LogP contribution in [0.1, 0.15) is 0 Å². The van der Waals surface area contributed by atoms with Crippen LogP contribution in [0.25, 0.3) is 5.69 Å². The molecule has 2 aromatic rings. The average Bonchev–Trinajstić information content (AvgIpc) is 2.91. The molecule has 1 aliphatic heterocycles. The minimum absolute atomic E-state index is 0.0277. The number of halogens is 2.